The highest BCUT2D eigenvalue weighted by Crippen LogP contribution is 2.33. The SMILES string of the molecule is CN1CCC(c2cc3c(ncc4ccc(-c5cnn(C)c5)cc43)[nH]2)CC1. The fraction of sp³-hybridized carbons (Fsp3) is 0.333. The molecule has 0 aliphatic carbocycles. The third kappa shape index (κ3) is 2.59. The first kappa shape index (κ1) is 15.6. The number of H-pyrrole nitrogens is 1. The molecule has 132 valence electrons. The van der Waals surface area contributed by atoms with Gasteiger partial charge in [-0.15, -0.1) is 0 Å². The summed E-state index contributed by atoms with van der Waals surface area (Å²) < 4.78 is 1.84. The molecular formula is C21H23N5. The molecule has 0 saturated carbocycles. The average Bonchev–Trinajstić information content (AvgIpc) is 3.28. The highest BCUT2D eigenvalue weighted by atomic mass is 15.2. The molecule has 5 rings (SSSR count). The maximum Gasteiger partial charge on any atom is 0.138 e. The zero-order valence-corrected chi connectivity index (χ0v) is 15.2. The normalized spacial score (nSPS) is 16.7. The summed E-state index contributed by atoms with van der Waals surface area (Å²) in [5.74, 6) is 0.608. The zero-order chi connectivity index (χ0) is 17.7. The molecule has 1 aliphatic rings. The molecule has 4 aromatic rings. The van der Waals surface area contributed by atoms with Crippen LogP contribution in [0.25, 0.3) is 32.9 Å². The van der Waals surface area contributed by atoms with Crippen LogP contribution in [-0.4, -0.2) is 44.8 Å². The predicted octanol–water partition coefficient (Wildman–Crippen LogP) is 3.93. The van der Waals surface area contributed by atoms with Gasteiger partial charge in [0.15, 0.2) is 0 Å². The first-order chi connectivity index (χ1) is 12.7. The van der Waals surface area contributed by atoms with E-state index < -0.39 is 0 Å². The number of pyridine rings is 1. The van der Waals surface area contributed by atoms with Crippen molar-refractivity contribution in [2.24, 2.45) is 7.05 Å². The second-order valence-electron chi connectivity index (χ2n) is 7.53. The number of aromatic amines is 1. The van der Waals surface area contributed by atoms with Crippen molar-refractivity contribution in [3.8, 4) is 11.1 Å². The van der Waals surface area contributed by atoms with E-state index in [4.69, 9.17) is 0 Å². The monoisotopic (exact) mass is 345 g/mol. The summed E-state index contributed by atoms with van der Waals surface area (Å²) in [6.45, 7) is 2.33. The number of fused-ring (bicyclic) bond motifs is 3. The van der Waals surface area contributed by atoms with Crippen LogP contribution in [0.5, 0.6) is 0 Å². The Hall–Kier alpha value is -2.66. The third-order valence-corrected chi connectivity index (χ3v) is 5.69. The number of rotatable bonds is 2. The molecular weight excluding hydrogens is 322 g/mol. The molecule has 0 amide bonds. The first-order valence-electron chi connectivity index (χ1n) is 9.26. The number of aryl methyl sites for hydroxylation is 1. The topological polar surface area (TPSA) is 49.7 Å². The lowest BCUT2D eigenvalue weighted by Gasteiger charge is -2.28. The van der Waals surface area contributed by atoms with E-state index in [1.807, 2.05) is 24.1 Å². The summed E-state index contributed by atoms with van der Waals surface area (Å²) in [7, 11) is 4.16. The van der Waals surface area contributed by atoms with E-state index in [0.717, 1.165) is 11.2 Å². The number of hydrogen-bond acceptors (Lipinski definition) is 3. The van der Waals surface area contributed by atoms with Gasteiger partial charge in [-0.2, -0.15) is 5.10 Å². The van der Waals surface area contributed by atoms with Crippen molar-refractivity contribution in [1.29, 1.82) is 0 Å². The zero-order valence-electron chi connectivity index (χ0n) is 15.2. The van der Waals surface area contributed by atoms with Crippen LogP contribution in [0, 0.1) is 0 Å². The van der Waals surface area contributed by atoms with E-state index in [0.29, 0.717) is 5.92 Å². The van der Waals surface area contributed by atoms with E-state index in [-0.39, 0.29) is 0 Å². The number of piperidine rings is 1. The lowest BCUT2D eigenvalue weighted by atomic mass is 9.93. The van der Waals surface area contributed by atoms with E-state index in [2.05, 4.69) is 57.5 Å². The Labute approximate surface area is 152 Å². The number of aromatic nitrogens is 4. The van der Waals surface area contributed by atoms with Gasteiger partial charge >= 0.3 is 0 Å². The molecule has 26 heavy (non-hydrogen) atoms. The number of hydrogen-bond donors (Lipinski definition) is 1. The number of nitrogens with one attached hydrogen (secondary N) is 1. The molecule has 0 atom stereocenters. The van der Waals surface area contributed by atoms with Gasteiger partial charge in [0, 0.05) is 47.4 Å². The van der Waals surface area contributed by atoms with Gasteiger partial charge in [0.2, 0.25) is 0 Å². The van der Waals surface area contributed by atoms with E-state index in [9.17, 15) is 0 Å². The minimum absolute atomic E-state index is 0.608. The molecule has 1 aliphatic heterocycles. The van der Waals surface area contributed by atoms with Crippen molar-refractivity contribution < 1.29 is 0 Å². The van der Waals surface area contributed by atoms with Crippen LogP contribution in [0.15, 0.2) is 42.9 Å². The van der Waals surface area contributed by atoms with Gasteiger partial charge in [-0.05, 0) is 56.1 Å². The minimum atomic E-state index is 0.608. The molecule has 1 N–H and O–H groups in total. The van der Waals surface area contributed by atoms with Gasteiger partial charge in [0.25, 0.3) is 0 Å². The standard InChI is InChI=1S/C21H23N5/c1-25-7-5-14(6-8-25)20-10-19-18-9-15(17-12-23-26(2)13-17)3-4-16(18)11-22-21(19)24-20/h3-4,9-14H,5-8H2,1-2H3,(H,22,24). The second kappa shape index (κ2) is 5.95. The van der Waals surface area contributed by atoms with Crippen LogP contribution in [0.3, 0.4) is 0 Å². The molecule has 5 nitrogen and oxygen atoms in total. The fourth-order valence-electron chi connectivity index (χ4n) is 4.10. The highest BCUT2D eigenvalue weighted by molar-refractivity contribution is 6.06. The van der Waals surface area contributed by atoms with Gasteiger partial charge in [0.05, 0.1) is 6.20 Å². The lowest BCUT2D eigenvalue weighted by Crippen LogP contribution is -2.29. The smallest absolute Gasteiger partial charge is 0.138 e. The Morgan fingerprint density at radius 3 is 2.62 bits per heavy atom. The van der Waals surface area contributed by atoms with Crippen LogP contribution in [0.2, 0.25) is 0 Å². The maximum atomic E-state index is 4.66. The molecule has 0 bridgehead atoms. The summed E-state index contributed by atoms with van der Waals surface area (Å²) in [5, 5.41) is 7.96. The first-order valence-corrected chi connectivity index (χ1v) is 9.26. The van der Waals surface area contributed by atoms with Crippen molar-refractivity contribution in [1.82, 2.24) is 24.6 Å². The molecule has 1 aromatic carbocycles. The van der Waals surface area contributed by atoms with E-state index in [1.165, 1.54) is 53.3 Å². The molecule has 4 heterocycles. The van der Waals surface area contributed by atoms with Crippen molar-refractivity contribution in [3.05, 3.63) is 48.5 Å². The van der Waals surface area contributed by atoms with Crippen LogP contribution < -0.4 is 0 Å². The maximum absolute atomic E-state index is 4.66. The largest absolute Gasteiger partial charge is 0.343 e. The van der Waals surface area contributed by atoms with Gasteiger partial charge in [-0.3, -0.25) is 4.68 Å². The third-order valence-electron chi connectivity index (χ3n) is 5.69. The van der Waals surface area contributed by atoms with Crippen LogP contribution in [-0.2, 0) is 7.05 Å². The molecule has 0 spiro atoms. The lowest BCUT2D eigenvalue weighted by molar-refractivity contribution is 0.254. The Kier molecular flexibility index (Phi) is 3.57. The summed E-state index contributed by atoms with van der Waals surface area (Å²) in [4.78, 5) is 10.7. The second-order valence-corrected chi connectivity index (χ2v) is 7.53. The molecule has 0 unspecified atom stereocenters. The van der Waals surface area contributed by atoms with Crippen LogP contribution in [0.1, 0.15) is 24.5 Å². The van der Waals surface area contributed by atoms with Gasteiger partial charge in [-0.1, -0.05) is 12.1 Å². The van der Waals surface area contributed by atoms with Crippen LogP contribution in [0.4, 0.5) is 0 Å². The predicted molar refractivity (Wildman–Crippen MR) is 105 cm³/mol. The Morgan fingerprint density at radius 2 is 1.85 bits per heavy atom. The van der Waals surface area contributed by atoms with Crippen molar-refractivity contribution >= 4 is 21.8 Å². The Balaban J connectivity index is 1.61. The van der Waals surface area contributed by atoms with Gasteiger partial charge in [-0.25, -0.2) is 4.98 Å². The number of likely N-dealkylation sites (tertiary alicyclic amines) is 1. The van der Waals surface area contributed by atoms with Gasteiger partial charge < -0.3 is 9.88 Å². The Bertz CT molecular complexity index is 1080. The number of benzene rings is 1. The minimum Gasteiger partial charge on any atom is -0.343 e. The quantitative estimate of drug-likeness (QED) is 0.599. The summed E-state index contributed by atoms with van der Waals surface area (Å²) >= 11 is 0. The fourth-order valence-corrected chi connectivity index (χ4v) is 4.10. The van der Waals surface area contributed by atoms with Crippen molar-refractivity contribution in [2.75, 3.05) is 20.1 Å². The highest BCUT2D eigenvalue weighted by Gasteiger charge is 2.20. The Morgan fingerprint density at radius 1 is 1.00 bits per heavy atom. The molecule has 1 fully saturated rings. The van der Waals surface area contributed by atoms with E-state index >= 15 is 0 Å². The summed E-state index contributed by atoms with van der Waals surface area (Å²) in [6.07, 6.45) is 8.37. The van der Waals surface area contributed by atoms with Gasteiger partial charge in [0.1, 0.15) is 5.65 Å². The van der Waals surface area contributed by atoms with Crippen molar-refractivity contribution in [3.63, 3.8) is 0 Å². The number of nitrogens with zero attached hydrogens (tertiary/aromatic N) is 4. The molecule has 3 aromatic heterocycles. The molecule has 1 saturated heterocycles. The van der Waals surface area contributed by atoms with E-state index in [1.54, 1.807) is 0 Å². The molecule has 5 heteroatoms. The summed E-state index contributed by atoms with van der Waals surface area (Å²) in [5.41, 5.74) is 4.67. The van der Waals surface area contributed by atoms with Crippen LogP contribution >= 0.6 is 0 Å². The summed E-state index contributed by atoms with van der Waals surface area (Å²) in [6, 6.07) is 8.90. The molecule has 0 radical (unpaired) electrons. The average molecular weight is 345 g/mol. The van der Waals surface area contributed by atoms with Crippen molar-refractivity contribution in [2.45, 2.75) is 18.8 Å².